The van der Waals surface area contributed by atoms with Crippen LogP contribution in [0, 0.1) is 11.6 Å². The second kappa shape index (κ2) is 9.72. The molecule has 6 nitrogen and oxygen atoms in total. The van der Waals surface area contributed by atoms with Crippen molar-refractivity contribution in [2.45, 2.75) is 6.54 Å². The molecule has 2 heterocycles. The molecule has 0 saturated carbocycles. The SMILES string of the molecule is CN1CCN(c2c(F)cc3c(=O)c(C(=O)/C=C/c4ccc(O)cc4)cn(CCF)c3c2F)CC1. The molecule has 178 valence electrons. The third kappa shape index (κ3) is 4.56. The number of aryl methyl sites for hydroxylation is 1. The Morgan fingerprint density at radius 3 is 2.44 bits per heavy atom. The maximum atomic E-state index is 15.6. The summed E-state index contributed by atoms with van der Waals surface area (Å²) in [5, 5.41) is 9.04. The number of pyridine rings is 1. The molecule has 0 unspecified atom stereocenters. The quantitative estimate of drug-likeness (QED) is 0.440. The number of phenols is 1. The van der Waals surface area contributed by atoms with Crippen molar-refractivity contribution in [2.75, 3.05) is 44.8 Å². The Morgan fingerprint density at radius 1 is 1.12 bits per heavy atom. The molecule has 0 atom stereocenters. The highest BCUT2D eigenvalue weighted by Gasteiger charge is 2.26. The summed E-state index contributed by atoms with van der Waals surface area (Å²) < 4.78 is 45.2. The average Bonchev–Trinajstić information content (AvgIpc) is 2.81. The number of halogens is 3. The van der Waals surface area contributed by atoms with Gasteiger partial charge in [-0.1, -0.05) is 18.2 Å². The van der Waals surface area contributed by atoms with Gasteiger partial charge in [-0.15, -0.1) is 0 Å². The van der Waals surface area contributed by atoms with E-state index in [0.29, 0.717) is 31.7 Å². The summed E-state index contributed by atoms with van der Waals surface area (Å²) in [5.74, 6) is -2.46. The Kier molecular flexibility index (Phi) is 6.74. The number of alkyl halides is 1. The number of ketones is 1. The molecular weight excluding hydrogens is 447 g/mol. The minimum absolute atomic E-state index is 0.0621. The molecule has 0 bridgehead atoms. The van der Waals surface area contributed by atoms with E-state index in [4.69, 9.17) is 0 Å². The van der Waals surface area contributed by atoms with Gasteiger partial charge in [-0.2, -0.15) is 0 Å². The van der Waals surface area contributed by atoms with Crippen LogP contribution in [0.15, 0.2) is 47.4 Å². The first kappa shape index (κ1) is 23.6. The van der Waals surface area contributed by atoms with Crippen LogP contribution in [0.25, 0.3) is 17.0 Å². The van der Waals surface area contributed by atoms with Gasteiger partial charge in [-0.25, -0.2) is 13.2 Å². The molecule has 2 aromatic carbocycles. The van der Waals surface area contributed by atoms with E-state index in [2.05, 4.69) is 0 Å². The Hall–Kier alpha value is -3.59. The van der Waals surface area contributed by atoms with Gasteiger partial charge >= 0.3 is 0 Å². The number of hydrogen-bond donors (Lipinski definition) is 1. The highest BCUT2D eigenvalue weighted by molar-refractivity contribution is 6.08. The highest BCUT2D eigenvalue weighted by Crippen LogP contribution is 2.31. The minimum atomic E-state index is -0.941. The number of likely N-dealkylation sites (N-methyl/N-ethyl adjacent to an activating group) is 1. The first-order valence-corrected chi connectivity index (χ1v) is 10.9. The number of aromatic hydroxyl groups is 1. The maximum absolute atomic E-state index is 15.6. The second-order valence-corrected chi connectivity index (χ2v) is 8.25. The van der Waals surface area contributed by atoms with E-state index in [1.165, 1.54) is 18.2 Å². The fourth-order valence-electron chi connectivity index (χ4n) is 4.09. The van der Waals surface area contributed by atoms with Gasteiger partial charge in [0.2, 0.25) is 5.43 Å². The number of carbonyl (C=O) groups is 1. The standard InChI is InChI=1S/C25H24F3N3O3/c1-29-10-12-30(13-11-29)24-20(27)14-18-23(22(24)28)31(9-8-26)15-19(25(18)34)21(33)7-4-16-2-5-17(32)6-3-16/h2-7,14-15,32H,8-13H2,1H3/b7-4+. The molecular formula is C25H24F3N3O3. The zero-order chi connectivity index (χ0) is 24.4. The van der Waals surface area contributed by atoms with E-state index in [1.807, 2.05) is 11.9 Å². The number of fused-ring (bicyclic) bond motifs is 1. The lowest BCUT2D eigenvalue weighted by atomic mass is 10.0. The van der Waals surface area contributed by atoms with Crippen molar-refractivity contribution in [1.29, 1.82) is 0 Å². The van der Waals surface area contributed by atoms with Crippen LogP contribution in [0.1, 0.15) is 15.9 Å². The lowest BCUT2D eigenvalue weighted by molar-refractivity contribution is 0.104. The second-order valence-electron chi connectivity index (χ2n) is 8.25. The minimum Gasteiger partial charge on any atom is -0.508 e. The topological polar surface area (TPSA) is 65.8 Å². The number of piperazine rings is 1. The van der Waals surface area contributed by atoms with Crippen molar-refractivity contribution in [3.05, 3.63) is 75.6 Å². The third-order valence-electron chi connectivity index (χ3n) is 5.96. The van der Waals surface area contributed by atoms with Crippen LogP contribution in [0.5, 0.6) is 5.75 Å². The first-order valence-electron chi connectivity index (χ1n) is 10.9. The zero-order valence-electron chi connectivity index (χ0n) is 18.6. The van der Waals surface area contributed by atoms with Crippen LogP contribution >= 0.6 is 0 Å². The number of hydrogen-bond acceptors (Lipinski definition) is 5. The molecule has 0 radical (unpaired) electrons. The molecule has 1 aromatic heterocycles. The van der Waals surface area contributed by atoms with Gasteiger partial charge in [0.1, 0.15) is 23.9 Å². The lowest BCUT2D eigenvalue weighted by Gasteiger charge is -2.34. The third-order valence-corrected chi connectivity index (χ3v) is 5.96. The largest absolute Gasteiger partial charge is 0.508 e. The molecule has 1 aliphatic rings. The molecule has 3 aromatic rings. The van der Waals surface area contributed by atoms with Crippen molar-refractivity contribution in [3.8, 4) is 5.75 Å². The van der Waals surface area contributed by atoms with Gasteiger partial charge in [0, 0.05) is 32.4 Å². The number of nitrogens with zero attached hydrogens (tertiary/aromatic N) is 3. The molecule has 9 heteroatoms. The number of aromatic nitrogens is 1. The van der Waals surface area contributed by atoms with E-state index in [-0.39, 0.29) is 34.4 Å². The fourth-order valence-corrected chi connectivity index (χ4v) is 4.09. The number of anilines is 1. The summed E-state index contributed by atoms with van der Waals surface area (Å²) in [5.41, 5.74) is -1.02. The lowest BCUT2D eigenvalue weighted by Crippen LogP contribution is -2.45. The summed E-state index contributed by atoms with van der Waals surface area (Å²) in [6.45, 7) is 0.882. The molecule has 34 heavy (non-hydrogen) atoms. The van der Waals surface area contributed by atoms with Gasteiger partial charge in [-0.3, -0.25) is 9.59 Å². The number of phenolic OH excluding ortho intramolecular Hbond substituents is 1. The molecule has 4 rings (SSSR count). The summed E-state index contributed by atoms with van der Waals surface area (Å²) in [6, 6.07) is 6.97. The van der Waals surface area contributed by atoms with Crippen LogP contribution in [0.3, 0.4) is 0 Å². The van der Waals surface area contributed by atoms with E-state index >= 15 is 8.78 Å². The van der Waals surface area contributed by atoms with Crippen molar-refractivity contribution in [3.63, 3.8) is 0 Å². The Morgan fingerprint density at radius 2 is 1.79 bits per heavy atom. The zero-order valence-corrected chi connectivity index (χ0v) is 18.6. The summed E-state index contributed by atoms with van der Waals surface area (Å²) in [4.78, 5) is 29.5. The summed E-state index contributed by atoms with van der Waals surface area (Å²) in [7, 11) is 1.91. The van der Waals surface area contributed by atoms with Crippen LogP contribution in [-0.2, 0) is 6.54 Å². The van der Waals surface area contributed by atoms with E-state index in [0.717, 1.165) is 22.9 Å². The predicted octanol–water partition coefficient (Wildman–Crippen LogP) is 3.60. The van der Waals surface area contributed by atoms with Crippen LogP contribution in [0.2, 0.25) is 0 Å². The van der Waals surface area contributed by atoms with E-state index in [9.17, 15) is 19.1 Å². The monoisotopic (exact) mass is 471 g/mol. The maximum Gasteiger partial charge on any atom is 0.200 e. The normalized spacial score (nSPS) is 14.9. The molecule has 1 N–H and O–H groups in total. The Balaban J connectivity index is 1.80. The van der Waals surface area contributed by atoms with Gasteiger partial charge in [-0.05, 0) is 36.9 Å². The van der Waals surface area contributed by atoms with Gasteiger partial charge < -0.3 is 19.5 Å². The van der Waals surface area contributed by atoms with Crippen molar-refractivity contribution >= 4 is 28.4 Å². The molecule has 0 spiro atoms. The highest BCUT2D eigenvalue weighted by atomic mass is 19.1. The van der Waals surface area contributed by atoms with Gasteiger partial charge in [0.25, 0.3) is 0 Å². The Labute approximate surface area is 194 Å². The van der Waals surface area contributed by atoms with Crippen molar-refractivity contribution in [1.82, 2.24) is 9.47 Å². The molecule has 0 amide bonds. The van der Waals surface area contributed by atoms with Crippen molar-refractivity contribution < 1.29 is 23.1 Å². The summed E-state index contributed by atoms with van der Waals surface area (Å²) in [6.07, 6.45) is 3.73. The van der Waals surface area contributed by atoms with E-state index in [1.54, 1.807) is 17.0 Å². The number of rotatable bonds is 6. The molecule has 1 fully saturated rings. The van der Waals surface area contributed by atoms with Crippen molar-refractivity contribution in [2.24, 2.45) is 0 Å². The van der Waals surface area contributed by atoms with Crippen LogP contribution in [-0.4, -0.2) is 60.3 Å². The molecule has 1 saturated heterocycles. The summed E-state index contributed by atoms with van der Waals surface area (Å²) >= 11 is 0. The number of carbonyl (C=O) groups excluding carboxylic acids is 1. The number of benzene rings is 2. The average molecular weight is 471 g/mol. The van der Waals surface area contributed by atoms with Gasteiger partial charge in [0.05, 0.1) is 23.0 Å². The van der Waals surface area contributed by atoms with E-state index < -0.39 is 29.5 Å². The number of allylic oxidation sites excluding steroid dienone is 1. The molecule has 0 aliphatic carbocycles. The predicted molar refractivity (Wildman–Crippen MR) is 125 cm³/mol. The Bertz CT molecular complexity index is 1310. The smallest absolute Gasteiger partial charge is 0.200 e. The molecule has 1 aliphatic heterocycles. The van der Waals surface area contributed by atoms with Crippen LogP contribution < -0.4 is 10.3 Å². The van der Waals surface area contributed by atoms with Gasteiger partial charge in [0.15, 0.2) is 11.6 Å². The van der Waals surface area contributed by atoms with Crippen LogP contribution in [0.4, 0.5) is 18.9 Å². The fraction of sp³-hybridized carbons (Fsp3) is 0.280. The first-order chi connectivity index (χ1) is 16.3.